The molecular weight excluding hydrogens is 1200 g/mol. The van der Waals surface area contributed by atoms with Crippen LogP contribution in [0.15, 0.2) is 242 Å². The molecule has 5 nitrogen and oxygen atoms in total. The molecule has 0 spiro atoms. The van der Waals surface area contributed by atoms with E-state index in [4.69, 9.17) is 17.7 Å². The van der Waals surface area contributed by atoms with Crippen LogP contribution in [-0.4, -0.2) is 0 Å². The van der Waals surface area contributed by atoms with Gasteiger partial charge >= 0.3 is 0 Å². The van der Waals surface area contributed by atoms with Gasteiger partial charge in [0, 0.05) is 98.4 Å². The third-order valence-corrected chi connectivity index (χ3v) is 24.6. The lowest BCUT2D eigenvalue weighted by Crippen LogP contribution is -2.24. The highest BCUT2D eigenvalue weighted by Crippen LogP contribution is 2.66. The molecule has 0 amide bonds. The molecule has 0 saturated carbocycles. The molecule has 0 radical (unpaired) electrons. The van der Waals surface area contributed by atoms with Gasteiger partial charge in [0.2, 0.25) is 0 Å². The van der Waals surface area contributed by atoms with E-state index in [-0.39, 0.29) is 16.2 Å². The Morgan fingerprint density at radius 3 is 1.30 bits per heavy atom. The molecule has 5 aliphatic carbocycles. The maximum atomic E-state index is 7.14. The van der Waals surface area contributed by atoms with Crippen molar-refractivity contribution < 1.29 is 17.7 Å². The smallest absolute Gasteiger partial charge is 0.144 e. The lowest BCUT2D eigenvalue weighted by atomic mass is 9.72. The van der Waals surface area contributed by atoms with E-state index in [1.165, 1.54) is 127 Å². The third-order valence-electron chi connectivity index (χ3n) is 24.6. The predicted octanol–water partition coefficient (Wildman–Crippen LogP) is 26.0. The fourth-order valence-corrected chi connectivity index (χ4v) is 19.9. The topological polar surface area (TPSA) is 55.8 Å². The summed E-state index contributed by atoms with van der Waals surface area (Å²) in [6, 6.07) is 83.9. The standard InChI is InChI=1S/C93H67NO4/c1-89(2)64-40-41-76-80(57-24-13-18-30-72(57)96-76)79(64)62-47-68-60(45-69(62)89)51-37-34-48(42-65(51)90(68,3)4)94(50-36-39-55-67(44-50)93(9,10)85-81(55)83-59-26-15-20-32-74(59)98-88(83)84-53-22-11-16-28-63(53)92(7,8)86(84)85)49-35-38-54-66(43-49)91(5,6)70-46-61(87-82(78(54)70)58-25-14-19-31-73(58)97-87)52-27-21-33-75-77(52)56-23-12-17-29-71(56)95-75/h11-47H,1-10H3. The lowest BCUT2D eigenvalue weighted by Gasteiger charge is -2.32. The van der Waals surface area contributed by atoms with Gasteiger partial charge in [0.25, 0.3) is 0 Å². The van der Waals surface area contributed by atoms with E-state index in [2.05, 4.69) is 299 Å². The van der Waals surface area contributed by atoms with Crippen LogP contribution in [0.25, 0.3) is 155 Å². The number of fused-ring (bicyclic) bond motifs is 32. The van der Waals surface area contributed by atoms with Gasteiger partial charge in [0.1, 0.15) is 44.7 Å². The van der Waals surface area contributed by atoms with E-state index < -0.39 is 10.8 Å². The SMILES string of the molecule is CC1(C)c2cc(N(c3ccc4c(c3)C(C)(C)c3cc(-c5cccc6oc7ccccc7c56)c5oc6ccccc6c5c3-4)c3ccc4c(c3)C(C)(C)c3c5c(c6oc7ccccc7c6c3-4)-c3ccccc3C5(C)C)ccc2-c2cc3c(cc21)-c1c(ccc2oc4ccccc4c12)C3(C)C. The minimum Gasteiger partial charge on any atom is -0.456 e. The number of anilines is 3. The highest BCUT2D eigenvalue weighted by Gasteiger charge is 2.50. The van der Waals surface area contributed by atoms with Crippen molar-refractivity contribution in [1.82, 2.24) is 0 Å². The minimum absolute atomic E-state index is 0.227. The summed E-state index contributed by atoms with van der Waals surface area (Å²) in [7, 11) is 0. The van der Waals surface area contributed by atoms with E-state index in [1.54, 1.807) is 0 Å². The van der Waals surface area contributed by atoms with Crippen LogP contribution in [-0.2, 0) is 27.1 Å². The average Bonchev–Trinajstić information content (AvgIpc) is 1.51. The molecule has 468 valence electrons. The van der Waals surface area contributed by atoms with Crippen molar-refractivity contribution in [3.05, 3.63) is 280 Å². The highest BCUT2D eigenvalue weighted by atomic mass is 16.3. The Bertz CT molecular complexity index is 6600. The van der Waals surface area contributed by atoms with E-state index >= 15 is 0 Å². The maximum absolute atomic E-state index is 7.14. The van der Waals surface area contributed by atoms with Gasteiger partial charge in [-0.05, 0) is 202 Å². The quantitative estimate of drug-likeness (QED) is 0.176. The van der Waals surface area contributed by atoms with E-state index in [0.717, 1.165) is 99.8 Å². The van der Waals surface area contributed by atoms with E-state index in [0.29, 0.717) is 0 Å². The molecule has 5 aliphatic rings. The summed E-state index contributed by atoms with van der Waals surface area (Å²) in [6.45, 7) is 24.4. The second-order valence-electron chi connectivity index (χ2n) is 31.3. The average molecular weight is 1260 g/mol. The monoisotopic (exact) mass is 1260 g/mol. The van der Waals surface area contributed by atoms with Crippen molar-refractivity contribution in [3.63, 3.8) is 0 Å². The first kappa shape index (κ1) is 55.0. The number of rotatable bonds is 4. The van der Waals surface area contributed by atoms with Crippen LogP contribution in [0.5, 0.6) is 0 Å². The van der Waals surface area contributed by atoms with E-state index in [1.807, 2.05) is 0 Å². The molecule has 22 rings (SSSR count). The molecule has 17 aromatic rings. The Morgan fingerprint density at radius 2 is 0.633 bits per heavy atom. The molecule has 0 aliphatic heterocycles. The van der Waals surface area contributed by atoms with Gasteiger partial charge < -0.3 is 22.6 Å². The number of furan rings is 4. The summed E-state index contributed by atoms with van der Waals surface area (Å²) in [5.74, 6) is 0. The second-order valence-corrected chi connectivity index (χ2v) is 31.3. The summed E-state index contributed by atoms with van der Waals surface area (Å²) in [6.07, 6.45) is 0. The molecule has 0 atom stereocenters. The van der Waals surface area contributed by atoms with Crippen LogP contribution in [0.3, 0.4) is 0 Å². The highest BCUT2D eigenvalue weighted by molar-refractivity contribution is 6.24. The van der Waals surface area contributed by atoms with Crippen molar-refractivity contribution >= 4 is 105 Å². The number of hydrogen-bond donors (Lipinski definition) is 0. The first-order valence-corrected chi connectivity index (χ1v) is 34.8. The molecule has 4 heterocycles. The van der Waals surface area contributed by atoms with Crippen LogP contribution < -0.4 is 4.90 Å². The molecular formula is C93H67NO4. The number of benzene rings is 13. The van der Waals surface area contributed by atoms with Crippen LogP contribution in [0.2, 0.25) is 0 Å². The Morgan fingerprint density at radius 1 is 0.224 bits per heavy atom. The van der Waals surface area contributed by atoms with Gasteiger partial charge in [-0.25, -0.2) is 0 Å². The van der Waals surface area contributed by atoms with Crippen molar-refractivity contribution in [3.8, 4) is 66.8 Å². The third kappa shape index (κ3) is 6.55. The molecule has 0 bridgehead atoms. The Balaban J connectivity index is 0.762. The Labute approximate surface area is 567 Å². The zero-order chi connectivity index (χ0) is 65.7. The van der Waals surface area contributed by atoms with Crippen LogP contribution in [0.1, 0.15) is 125 Å². The van der Waals surface area contributed by atoms with Crippen molar-refractivity contribution in [2.75, 3.05) is 4.90 Å². The van der Waals surface area contributed by atoms with Gasteiger partial charge in [0.05, 0.1) is 0 Å². The first-order valence-electron chi connectivity index (χ1n) is 34.8. The fourth-order valence-electron chi connectivity index (χ4n) is 19.9. The largest absolute Gasteiger partial charge is 0.456 e. The summed E-state index contributed by atoms with van der Waals surface area (Å²) in [4.78, 5) is 2.57. The molecule has 98 heavy (non-hydrogen) atoms. The first-order chi connectivity index (χ1) is 47.4. The lowest BCUT2D eigenvalue weighted by molar-refractivity contribution is 0.600. The predicted molar refractivity (Wildman–Crippen MR) is 403 cm³/mol. The number of nitrogens with zero attached hydrogens (tertiary/aromatic N) is 1. The van der Waals surface area contributed by atoms with Crippen molar-refractivity contribution in [2.45, 2.75) is 96.3 Å². The molecule has 0 unspecified atom stereocenters. The summed E-state index contributed by atoms with van der Waals surface area (Å²) in [5.41, 5.74) is 37.2. The Kier molecular flexibility index (Phi) is 10.1. The summed E-state index contributed by atoms with van der Waals surface area (Å²) < 4.78 is 27.4. The van der Waals surface area contributed by atoms with Gasteiger partial charge in [-0.2, -0.15) is 0 Å². The van der Waals surface area contributed by atoms with Crippen LogP contribution in [0.4, 0.5) is 17.1 Å². The maximum Gasteiger partial charge on any atom is 0.144 e. The molecule has 13 aromatic carbocycles. The number of para-hydroxylation sites is 4. The van der Waals surface area contributed by atoms with Gasteiger partial charge in [-0.3, -0.25) is 0 Å². The summed E-state index contributed by atoms with van der Waals surface area (Å²) >= 11 is 0. The van der Waals surface area contributed by atoms with Gasteiger partial charge in [0.15, 0.2) is 0 Å². The minimum atomic E-state index is -0.437. The zero-order valence-corrected chi connectivity index (χ0v) is 56.4. The van der Waals surface area contributed by atoms with Crippen molar-refractivity contribution in [1.29, 1.82) is 0 Å². The summed E-state index contributed by atoms with van der Waals surface area (Å²) in [5, 5.41) is 9.19. The Hall–Kier alpha value is -11.1. The molecule has 4 aromatic heterocycles. The van der Waals surface area contributed by atoms with Crippen molar-refractivity contribution in [2.24, 2.45) is 0 Å². The normalized spacial score (nSPS) is 16.3. The molecule has 0 saturated heterocycles. The van der Waals surface area contributed by atoms with Crippen LogP contribution >= 0.6 is 0 Å². The molecule has 5 heteroatoms. The van der Waals surface area contributed by atoms with Gasteiger partial charge in [-0.1, -0.05) is 203 Å². The van der Waals surface area contributed by atoms with E-state index in [9.17, 15) is 0 Å². The van der Waals surface area contributed by atoms with Gasteiger partial charge in [-0.15, -0.1) is 0 Å². The zero-order valence-electron chi connectivity index (χ0n) is 56.4. The fraction of sp³-hybridized carbons (Fsp3) is 0.161. The molecule has 0 fully saturated rings. The van der Waals surface area contributed by atoms with Crippen LogP contribution in [0, 0.1) is 0 Å². The molecule has 0 N–H and O–H groups in total. The second kappa shape index (κ2) is 17.9. The number of hydrogen-bond acceptors (Lipinski definition) is 5.